The molecule has 4 rings (SSSR count). The highest BCUT2D eigenvalue weighted by Gasteiger charge is 2.29. The Morgan fingerprint density at radius 1 is 1.10 bits per heavy atom. The molecule has 9 heteroatoms. The predicted octanol–water partition coefficient (Wildman–Crippen LogP) is 2.87. The lowest BCUT2D eigenvalue weighted by Gasteiger charge is -2.24. The molecule has 2 N–H and O–H groups in total. The minimum absolute atomic E-state index is 0.0613. The van der Waals surface area contributed by atoms with Crippen molar-refractivity contribution < 1.29 is 19.1 Å². The number of rotatable bonds is 3. The highest BCUT2D eigenvalue weighted by Crippen LogP contribution is 2.23. The molecular formula is C21H20BrFN4O3. The Bertz CT molecular complexity index is 1100. The molecule has 1 unspecified atom stereocenters. The molecule has 156 valence electrons. The summed E-state index contributed by atoms with van der Waals surface area (Å²) < 4.78 is 14.7. The van der Waals surface area contributed by atoms with E-state index in [1.807, 2.05) is 6.07 Å². The van der Waals surface area contributed by atoms with Gasteiger partial charge in [0.2, 0.25) is 0 Å². The average Bonchev–Trinajstić information content (AvgIpc) is 3.07. The number of aliphatic hydroxyl groups is 1. The monoisotopic (exact) mass is 474 g/mol. The first-order chi connectivity index (χ1) is 14.4. The highest BCUT2D eigenvalue weighted by molar-refractivity contribution is 9.10. The Morgan fingerprint density at radius 2 is 1.87 bits per heavy atom. The topological polar surface area (TPSA) is 89.5 Å². The van der Waals surface area contributed by atoms with Crippen LogP contribution in [0.3, 0.4) is 0 Å². The van der Waals surface area contributed by atoms with Gasteiger partial charge in [0.1, 0.15) is 5.82 Å². The molecule has 1 atom stereocenters. The van der Waals surface area contributed by atoms with E-state index in [1.165, 1.54) is 17.0 Å². The molecule has 1 saturated heterocycles. The zero-order chi connectivity index (χ0) is 21.3. The van der Waals surface area contributed by atoms with E-state index in [0.29, 0.717) is 36.1 Å². The Kier molecular flexibility index (Phi) is 5.83. The third kappa shape index (κ3) is 4.08. The Labute approximate surface area is 180 Å². The van der Waals surface area contributed by atoms with Crippen LogP contribution < -0.4 is 0 Å². The molecular weight excluding hydrogens is 455 g/mol. The molecule has 0 radical (unpaired) electrons. The van der Waals surface area contributed by atoms with Crippen LogP contribution in [0.2, 0.25) is 0 Å². The van der Waals surface area contributed by atoms with Gasteiger partial charge in [-0.15, -0.1) is 0 Å². The van der Waals surface area contributed by atoms with Gasteiger partial charge in [-0.1, -0.05) is 22.0 Å². The Balaban J connectivity index is 1.44. The second-order valence-corrected chi connectivity index (χ2v) is 8.13. The molecule has 1 fully saturated rings. The quantitative estimate of drug-likeness (QED) is 0.610. The van der Waals surface area contributed by atoms with Crippen LogP contribution in [0.4, 0.5) is 4.39 Å². The summed E-state index contributed by atoms with van der Waals surface area (Å²) in [6, 6.07) is 9.53. The summed E-state index contributed by atoms with van der Waals surface area (Å²) in [7, 11) is 0. The molecule has 30 heavy (non-hydrogen) atoms. The Hall–Kier alpha value is -2.78. The minimum Gasteiger partial charge on any atom is -0.378 e. The standard InChI is InChI=1S/C21H20BrFN4O3/c22-15-3-4-16(17(23)11-15)19(28)21(30)27-7-1-6-26(8-9-27)20(29)13-2-5-18-14(10-13)12-24-25-18/h2-5,10-12,19,28H,1,6-9H2,(H,24,25). The average molecular weight is 475 g/mol. The highest BCUT2D eigenvalue weighted by atomic mass is 79.9. The number of H-pyrrole nitrogens is 1. The van der Waals surface area contributed by atoms with Crippen molar-refractivity contribution in [3.63, 3.8) is 0 Å². The van der Waals surface area contributed by atoms with Crippen molar-refractivity contribution >= 4 is 38.6 Å². The van der Waals surface area contributed by atoms with Crippen LogP contribution in [0.25, 0.3) is 10.9 Å². The number of carbonyl (C=O) groups is 2. The van der Waals surface area contributed by atoms with E-state index in [9.17, 15) is 19.1 Å². The van der Waals surface area contributed by atoms with Gasteiger partial charge in [0.25, 0.3) is 11.8 Å². The SMILES string of the molecule is O=C(c1ccc2[nH]ncc2c1)N1CCCN(C(=O)C(O)c2ccc(Br)cc2F)CC1. The van der Waals surface area contributed by atoms with Crippen molar-refractivity contribution in [3.8, 4) is 0 Å². The van der Waals surface area contributed by atoms with Gasteiger partial charge in [0.15, 0.2) is 6.10 Å². The number of aliphatic hydroxyl groups excluding tert-OH is 1. The van der Waals surface area contributed by atoms with E-state index in [2.05, 4.69) is 26.1 Å². The largest absolute Gasteiger partial charge is 0.378 e. The molecule has 1 aliphatic rings. The molecule has 1 aromatic heterocycles. The fraction of sp³-hybridized carbons (Fsp3) is 0.286. The molecule has 0 spiro atoms. The first kappa shape index (κ1) is 20.5. The number of amides is 2. The van der Waals surface area contributed by atoms with Gasteiger partial charge in [0.05, 0.1) is 11.7 Å². The van der Waals surface area contributed by atoms with Crippen molar-refractivity contribution in [3.05, 3.63) is 64.0 Å². The fourth-order valence-electron chi connectivity index (χ4n) is 3.63. The minimum atomic E-state index is -1.58. The normalized spacial score (nSPS) is 15.8. The number of halogens is 2. The van der Waals surface area contributed by atoms with Gasteiger partial charge >= 0.3 is 0 Å². The number of benzene rings is 2. The van der Waals surface area contributed by atoms with E-state index in [1.54, 1.807) is 29.3 Å². The maximum Gasteiger partial charge on any atom is 0.256 e. The van der Waals surface area contributed by atoms with Gasteiger partial charge in [0, 0.05) is 47.2 Å². The van der Waals surface area contributed by atoms with Gasteiger partial charge < -0.3 is 14.9 Å². The number of aromatic nitrogens is 2. The van der Waals surface area contributed by atoms with Crippen molar-refractivity contribution in [1.29, 1.82) is 0 Å². The van der Waals surface area contributed by atoms with E-state index in [4.69, 9.17) is 0 Å². The molecule has 0 bridgehead atoms. The second-order valence-electron chi connectivity index (χ2n) is 7.21. The van der Waals surface area contributed by atoms with Crippen LogP contribution in [0.15, 0.2) is 47.1 Å². The summed E-state index contributed by atoms with van der Waals surface area (Å²) in [5, 5.41) is 18.1. The molecule has 7 nitrogen and oxygen atoms in total. The van der Waals surface area contributed by atoms with Crippen molar-refractivity contribution in [1.82, 2.24) is 20.0 Å². The maximum atomic E-state index is 14.1. The number of nitrogens with zero attached hydrogens (tertiary/aromatic N) is 3. The number of hydrogen-bond acceptors (Lipinski definition) is 4. The lowest BCUT2D eigenvalue weighted by molar-refractivity contribution is -0.140. The summed E-state index contributed by atoms with van der Waals surface area (Å²) >= 11 is 3.16. The molecule has 1 aliphatic heterocycles. The predicted molar refractivity (Wildman–Crippen MR) is 112 cm³/mol. The van der Waals surface area contributed by atoms with Crippen LogP contribution in [0.5, 0.6) is 0 Å². The summed E-state index contributed by atoms with van der Waals surface area (Å²) in [6.07, 6.45) is 0.655. The van der Waals surface area contributed by atoms with Gasteiger partial charge in [-0.3, -0.25) is 14.7 Å². The van der Waals surface area contributed by atoms with Gasteiger partial charge in [-0.2, -0.15) is 5.10 Å². The van der Waals surface area contributed by atoms with Gasteiger partial charge in [-0.05, 0) is 36.8 Å². The van der Waals surface area contributed by atoms with E-state index in [-0.39, 0.29) is 18.0 Å². The number of aromatic amines is 1. The molecule has 0 aliphatic carbocycles. The van der Waals surface area contributed by atoms with Crippen LogP contribution in [0.1, 0.15) is 28.4 Å². The maximum absolute atomic E-state index is 14.1. The van der Waals surface area contributed by atoms with Gasteiger partial charge in [-0.25, -0.2) is 4.39 Å². The third-order valence-electron chi connectivity index (χ3n) is 5.27. The smallest absolute Gasteiger partial charge is 0.256 e. The lowest BCUT2D eigenvalue weighted by Crippen LogP contribution is -2.39. The van der Waals surface area contributed by atoms with E-state index in [0.717, 1.165) is 10.9 Å². The summed E-state index contributed by atoms with van der Waals surface area (Å²) in [6.45, 7) is 1.49. The van der Waals surface area contributed by atoms with Crippen molar-refractivity contribution in [2.75, 3.05) is 26.2 Å². The molecule has 2 heterocycles. The van der Waals surface area contributed by atoms with Crippen molar-refractivity contribution in [2.45, 2.75) is 12.5 Å². The van der Waals surface area contributed by atoms with Crippen LogP contribution in [-0.2, 0) is 4.79 Å². The van der Waals surface area contributed by atoms with Crippen LogP contribution >= 0.6 is 15.9 Å². The number of hydrogen-bond donors (Lipinski definition) is 2. The summed E-state index contributed by atoms with van der Waals surface area (Å²) in [5.41, 5.74) is 1.35. The Morgan fingerprint density at radius 3 is 2.67 bits per heavy atom. The molecule has 0 saturated carbocycles. The molecule has 2 aromatic carbocycles. The number of nitrogens with one attached hydrogen (secondary N) is 1. The third-order valence-corrected chi connectivity index (χ3v) is 5.77. The van der Waals surface area contributed by atoms with Crippen LogP contribution in [-0.4, -0.2) is 63.1 Å². The van der Waals surface area contributed by atoms with Crippen molar-refractivity contribution in [2.24, 2.45) is 0 Å². The molecule has 3 aromatic rings. The molecule has 2 amide bonds. The van der Waals surface area contributed by atoms with Crippen LogP contribution in [0, 0.1) is 5.82 Å². The summed E-state index contributed by atoms with van der Waals surface area (Å²) in [5.74, 6) is -1.33. The summed E-state index contributed by atoms with van der Waals surface area (Å²) in [4.78, 5) is 28.8. The van der Waals surface area contributed by atoms with E-state index < -0.39 is 17.8 Å². The fourth-order valence-corrected chi connectivity index (χ4v) is 3.96. The number of carbonyl (C=O) groups excluding carboxylic acids is 2. The number of fused-ring (bicyclic) bond motifs is 1. The first-order valence-electron chi connectivity index (χ1n) is 9.58. The van der Waals surface area contributed by atoms with E-state index >= 15 is 0 Å². The lowest BCUT2D eigenvalue weighted by atomic mass is 10.1. The zero-order valence-corrected chi connectivity index (χ0v) is 17.6. The first-order valence-corrected chi connectivity index (χ1v) is 10.4. The zero-order valence-electron chi connectivity index (χ0n) is 16.0. The second kappa shape index (κ2) is 8.53.